The Hall–Kier alpha value is -0.840. The number of nitrogens with two attached hydrogens (primary N) is 1. The molecule has 0 radical (unpaired) electrons. The van der Waals surface area contributed by atoms with Crippen LogP contribution < -0.4 is 5.73 Å². The second kappa shape index (κ2) is 6.19. The fraction of sp³-hybridized carbons (Fsp3) is 0.364. The standard InChI is InChI=1S/C11H12Cl2FNO2/c1-2-17-11(16)9(14)10(15)6-4-3-5-7(12)8(6)13/h3-5,9-10H,2,15H2,1H3/t9?,10-/m1/s1. The predicted molar refractivity (Wildman–Crippen MR) is 64.9 cm³/mol. The van der Waals surface area contributed by atoms with E-state index >= 15 is 0 Å². The Labute approximate surface area is 109 Å². The molecule has 0 bridgehead atoms. The molecule has 0 heterocycles. The smallest absolute Gasteiger partial charge is 0.342 e. The number of hydrogen-bond donors (Lipinski definition) is 1. The van der Waals surface area contributed by atoms with Crippen molar-refractivity contribution < 1.29 is 13.9 Å². The number of ether oxygens (including phenoxy) is 1. The van der Waals surface area contributed by atoms with Crippen molar-refractivity contribution in [3.8, 4) is 0 Å². The van der Waals surface area contributed by atoms with Gasteiger partial charge in [0.05, 0.1) is 22.7 Å². The number of carbonyl (C=O) groups is 1. The maximum absolute atomic E-state index is 13.7. The molecule has 1 aromatic rings. The number of esters is 1. The summed E-state index contributed by atoms with van der Waals surface area (Å²) in [6, 6.07) is 3.46. The molecule has 17 heavy (non-hydrogen) atoms. The van der Waals surface area contributed by atoms with Crippen molar-refractivity contribution in [3.63, 3.8) is 0 Å². The highest BCUT2D eigenvalue weighted by atomic mass is 35.5. The van der Waals surface area contributed by atoms with E-state index in [1.165, 1.54) is 6.07 Å². The SMILES string of the molecule is CCOC(=O)C(F)[C@H](N)c1cccc(Cl)c1Cl. The van der Waals surface area contributed by atoms with Crippen LogP contribution in [0.2, 0.25) is 10.0 Å². The summed E-state index contributed by atoms with van der Waals surface area (Å²) >= 11 is 11.7. The number of carbonyl (C=O) groups excluding carboxylic acids is 1. The van der Waals surface area contributed by atoms with E-state index in [-0.39, 0.29) is 22.2 Å². The van der Waals surface area contributed by atoms with Crippen LogP contribution in [0.5, 0.6) is 0 Å². The Morgan fingerprint density at radius 2 is 2.18 bits per heavy atom. The molecule has 0 amide bonds. The van der Waals surface area contributed by atoms with Crippen LogP contribution in [0, 0.1) is 0 Å². The van der Waals surface area contributed by atoms with Gasteiger partial charge in [-0.2, -0.15) is 0 Å². The normalized spacial score (nSPS) is 14.2. The van der Waals surface area contributed by atoms with Gasteiger partial charge >= 0.3 is 5.97 Å². The van der Waals surface area contributed by atoms with E-state index in [1.54, 1.807) is 19.1 Å². The van der Waals surface area contributed by atoms with Gasteiger partial charge in [0.25, 0.3) is 0 Å². The van der Waals surface area contributed by atoms with Gasteiger partial charge in [0.15, 0.2) is 0 Å². The van der Waals surface area contributed by atoms with Gasteiger partial charge in [-0.15, -0.1) is 0 Å². The second-order valence-electron chi connectivity index (χ2n) is 3.32. The van der Waals surface area contributed by atoms with Crippen molar-refractivity contribution in [2.45, 2.75) is 19.1 Å². The molecule has 0 aliphatic heterocycles. The largest absolute Gasteiger partial charge is 0.464 e. The summed E-state index contributed by atoms with van der Waals surface area (Å²) in [4.78, 5) is 11.2. The van der Waals surface area contributed by atoms with Gasteiger partial charge in [0, 0.05) is 0 Å². The van der Waals surface area contributed by atoms with Gasteiger partial charge < -0.3 is 10.5 Å². The zero-order valence-corrected chi connectivity index (χ0v) is 10.6. The first-order valence-corrected chi connectivity index (χ1v) is 5.74. The lowest BCUT2D eigenvalue weighted by Gasteiger charge is -2.17. The van der Waals surface area contributed by atoms with E-state index < -0.39 is 18.2 Å². The molecule has 0 saturated carbocycles. The zero-order valence-electron chi connectivity index (χ0n) is 9.12. The van der Waals surface area contributed by atoms with Crippen LogP contribution in [0.3, 0.4) is 0 Å². The Balaban J connectivity index is 2.92. The fourth-order valence-electron chi connectivity index (χ4n) is 1.30. The van der Waals surface area contributed by atoms with Crippen LogP contribution in [0.1, 0.15) is 18.5 Å². The van der Waals surface area contributed by atoms with Crippen LogP contribution >= 0.6 is 23.2 Å². The molecule has 0 aliphatic carbocycles. The quantitative estimate of drug-likeness (QED) is 0.863. The molecule has 2 atom stereocenters. The molecular weight excluding hydrogens is 268 g/mol. The van der Waals surface area contributed by atoms with E-state index in [0.29, 0.717) is 0 Å². The van der Waals surface area contributed by atoms with Crippen molar-refractivity contribution >= 4 is 29.2 Å². The number of benzene rings is 1. The van der Waals surface area contributed by atoms with Crippen LogP contribution in [-0.2, 0) is 9.53 Å². The molecule has 0 saturated heterocycles. The Morgan fingerprint density at radius 3 is 2.76 bits per heavy atom. The Bertz CT molecular complexity index is 414. The molecular formula is C11H12Cl2FNO2. The maximum Gasteiger partial charge on any atom is 0.342 e. The molecule has 0 aromatic heterocycles. The van der Waals surface area contributed by atoms with Crippen molar-refractivity contribution in [1.82, 2.24) is 0 Å². The number of rotatable bonds is 4. The van der Waals surface area contributed by atoms with E-state index in [0.717, 1.165) is 0 Å². The molecule has 6 heteroatoms. The first-order valence-electron chi connectivity index (χ1n) is 4.99. The summed E-state index contributed by atoms with van der Waals surface area (Å²) in [7, 11) is 0. The molecule has 3 nitrogen and oxygen atoms in total. The minimum absolute atomic E-state index is 0.0925. The van der Waals surface area contributed by atoms with Crippen LogP contribution in [0.15, 0.2) is 18.2 Å². The van der Waals surface area contributed by atoms with Crippen molar-refractivity contribution in [2.75, 3.05) is 6.61 Å². The third kappa shape index (κ3) is 3.31. The van der Waals surface area contributed by atoms with Gasteiger partial charge in [-0.1, -0.05) is 35.3 Å². The Kier molecular flexibility index (Phi) is 5.18. The van der Waals surface area contributed by atoms with Gasteiger partial charge in [0.2, 0.25) is 6.17 Å². The van der Waals surface area contributed by atoms with Crippen molar-refractivity contribution in [3.05, 3.63) is 33.8 Å². The van der Waals surface area contributed by atoms with Crippen LogP contribution in [0.4, 0.5) is 4.39 Å². The summed E-state index contributed by atoms with van der Waals surface area (Å²) in [6.07, 6.45) is -1.97. The predicted octanol–water partition coefficient (Wildman–Crippen LogP) is 2.89. The van der Waals surface area contributed by atoms with Gasteiger partial charge in [-0.3, -0.25) is 0 Å². The summed E-state index contributed by atoms with van der Waals surface area (Å²) in [5.74, 6) is -1.00. The summed E-state index contributed by atoms with van der Waals surface area (Å²) in [5.41, 5.74) is 5.90. The van der Waals surface area contributed by atoms with Crippen LogP contribution in [-0.4, -0.2) is 18.7 Å². The molecule has 94 valence electrons. The zero-order chi connectivity index (χ0) is 13.0. The molecule has 0 fully saturated rings. The average Bonchev–Trinajstić information content (AvgIpc) is 2.31. The highest BCUT2D eigenvalue weighted by Gasteiger charge is 2.29. The lowest BCUT2D eigenvalue weighted by atomic mass is 10.0. The van der Waals surface area contributed by atoms with Crippen LogP contribution in [0.25, 0.3) is 0 Å². The number of alkyl halides is 1. The molecule has 0 aliphatic rings. The third-order valence-corrected chi connectivity index (χ3v) is 3.00. The van der Waals surface area contributed by atoms with E-state index in [4.69, 9.17) is 28.9 Å². The van der Waals surface area contributed by atoms with E-state index in [2.05, 4.69) is 4.74 Å². The topological polar surface area (TPSA) is 52.3 Å². The molecule has 1 aromatic carbocycles. The second-order valence-corrected chi connectivity index (χ2v) is 4.11. The van der Waals surface area contributed by atoms with Crippen molar-refractivity contribution in [1.29, 1.82) is 0 Å². The van der Waals surface area contributed by atoms with Gasteiger partial charge in [-0.25, -0.2) is 9.18 Å². The number of hydrogen-bond acceptors (Lipinski definition) is 3. The highest BCUT2D eigenvalue weighted by molar-refractivity contribution is 6.42. The third-order valence-electron chi connectivity index (χ3n) is 2.17. The van der Waals surface area contributed by atoms with E-state index in [1.807, 2.05) is 0 Å². The first kappa shape index (κ1) is 14.2. The molecule has 0 spiro atoms. The lowest BCUT2D eigenvalue weighted by molar-refractivity contribution is -0.149. The number of halogens is 3. The molecule has 1 rings (SSSR count). The first-order chi connectivity index (χ1) is 7.99. The molecule has 1 unspecified atom stereocenters. The highest BCUT2D eigenvalue weighted by Crippen LogP contribution is 2.31. The minimum Gasteiger partial charge on any atom is -0.464 e. The van der Waals surface area contributed by atoms with Gasteiger partial charge in [0.1, 0.15) is 0 Å². The summed E-state index contributed by atoms with van der Waals surface area (Å²) in [6.45, 7) is 1.68. The lowest BCUT2D eigenvalue weighted by Crippen LogP contribution is -2.31. The van der Waals surface area contributed by atoms with Crippen molar-refractivity contribution in [2.24, 2.45) is 5.73 Å². The Morgan fingerprint density at radius 1 is 1.53 bits per heavy atom. The average molecular weight is 280 g/mol. The van der Waals surface area contributed by atoms with Gasteiger partial charge in [-0.05, 0) is 18.6 Å². The monoisotopic (exact) mass is 279 g/mol. The van der Waals surface area contributed by atoms with E-state index in [9.17, 15) is 9.18 Å². The maximum atomic E-state index is 13.7. The minimum atomic E-state index is -1.97. The molecule has 2 N–H and O–H groups in total. The summed E-state index contributed by atoms with van der Waals surface area (Å²) < 4.78 is 18.2. The fourth-order valence-corrected chi connectivity index (χ4v) is 1.74. The summed E-state index contributed by atoms with van der Waals surface area (Å²) in [5, 5.41) is 0.407.